The molecule has 1 aromatic heterocycles. The SMILES string of the molecule is [N-]=[N+]=N[C@@H]1c2cc3cccnc3c3ccc4cccc(c4c23)[C@H]1O. The topological polar surface area (TPSA) is 81.9 Å². The number of azide groups is 1. The van der Waals surface area contributed by atoms with Gasteiger partial charge in [0.2, 0.25) is 0 Å². The molecule has 2 atom stereocenters. The summed E-state index contributed by atoms with van der Waals surface area (Å²) in [4.78, 5) is 7.50. The molecule has 5 heteroatoms. The number of fused-ring (bicyclic) bond motifs is 2. The zero-order valence-electron chi connectivity index (χ0n) is 12.6. The minimum Gasteiger partial charge on any atom is -0.388 e. The molecule has 0 aliphatic heterocycles. The average molecular weight is 312 g/mol. The fourth-order valence-electron chi connectivity index (χ4n) is 3.90. The number of rotatable bonds is 1. The molecule has 3 aromatic carbocycles. The van der Waals surface area contributed by atoms with Crippen LogP contribution in [-0.4, -0.2) is 10.1 Å². The van der Waals surface area contributed by atoms with Crippen LogP contribution < -0.4 is 0 Å². The van der Waals surface area contributed by atoms with Crippen LogP contribution in [0.3, 0.4) is 0 Å². The first-order valence-corrected chi connectivity index (χ1v) is 7.75. The maximum Gasteiger partial charge on any atom is 0.0933 e. The van der Waals surface area contributed by atoms with Gasteiger partial charge in [0.1, 0.15) is 0 Å². The number of aliphatic hydroxyl groups excluding tert-OH is 1. The molecule has 0 bridgehead atoms. The maximum atomic E-state index is 10.8. The summed E-state index contributed by atoms with van der Waals surface area (Å²) >= 11 is 0. The van der Waals surface area contributed by atoms with Crippen LogP contribution >= 0.6 is 0 Å². The molecule has 0 unspecified atom stereocenters. The Hall–Kier alpha value is -3.14. The molecule has 4 aromatic rings. The van der Waals surface area contributed by atoms with Crippen molar-refractivity contribution in [1.29, 1.82) is 0 Å². The molecule has 5 nitrogen and oxygen atoms in total. The lowest BCUT2D eigenvalue weighted by molar-refractivity contribution is 0.148. The highest BCUT2D eigenvalue weighted by Gasteiger charge is 2.31. The van der Waals surface area contributed by atoms with E-state index in [0.29, 0.717) is 0 Å². The van der Waals surface area contributed by atoms with E-state index in [0.717, 1.165) is 43.6 Å². The number of hydrogen-bond donors (Lipinski definition) is 1. The van der Waals surface area contributed by atoms with Gasteiger partial charge in [-0.1, -0.05) is 41.5 Å². The van der Waals surface area contributed by atoms with E-state index in [1.54, 1.807) is 6.20 Å². The Morgan fingerprint density at radius 1 is 1.00 bits per heavy atom. The van der Waals surface area contributed by atoms with Crippen molar-refractivity contribution < 1.29 is 5.11 Å². The van der Waals surface area contributed by atoms with Crippen LogP contribution in [-0.2, 0) is 0 Å². The normalized spacial score (nSPS) is 19.0. The van der Waals surface area contributed by atoms with E-state index in [1.807, 2.05) is 36.4 Å². The van der Waals surface area contributed by atoms with Crippen LogP contribution in [0.2, 0.25) is 0 Å². The molecule has 1 aliphatic rings. The zero-order valence-corrected chi connectivity index (χ0v) is 12.6. The first-order chi connectivity index (χ1) is 11.8. The Morgan fingerprint density at radius 3 is 2.75 bits per heavy atom. The van der Waals surface area contributed by atoms with Crippen LogP contribution in [0.15, 0.2) is 59.8 Å². The van der Waals surface area contributed by atoms with Crippen LogP contribution in [0, 0.1) is 0 Å². The molecule has 0 amide bonds. The number of aliphatic hydroxyl groups is 1. The predicted octanol–water partition coefficient (Wildman–Crippen LogP) is 4.94. The molecule has 0 spiro atoms. The van der Waals surface area contributed by atoms with Gasteiger partial charge in [-0.3, -0.25) is 4.98 Å². The average Bonchev–Trinajstić information content (AvgIpc) is 2.63. The van der Waals surface area contributed by atoms with Crippen LogP contribution in [0.25, 0.3) is 42.9 Å². The van der Waals surface area contributed by atoms with Crippen molar-refractivity contribution in [3.63, 3.8) is 0 Å². The van der Waals surface area contributed by atoms with Crippen molar-refractivity contribution in [2.45, 2.75) is 12.1 Å². The summed E-state index contributed by atoms with van der Waals surface area (Å²) in [5, 5.41) is 19.8. The molecule has 0 saturated heterocycles. The largest absolute Gasteiger partial charge is 0.388 e. The van der Waals surface area contributed by atoms with Gasteiger partial charge >= 0.3 is 0 Å². The highest BCUT2D eigenvalue weighted by molar-refractivity contribution is 6.19. The molecule has 0 fully saturated rings. The minimum atomic E-state index is -0.850. The summed E-state index contributed by atoms with van der Waals surface area (Å²) in [5.41, 5.74) is 11.6. The van der Waals surface area contributed by atoms with Gasteiger partial charge < -0.3 is 5.11 Å². The molecular weight excluding hydrogens is 300 g/mol. The van der Waals surface area contributed by atoms with Crippen molar-refractivity contribution in [3.05, 3.63) is 76.3 Å². The fourth-order valence-corrected chi connectivity index (χ4v) is 3.90. The number of hydrogen-bond acceptors (Lipinski definition) is 3. The first kappa shape index (κ1) is 13.3. The second-order valence-corrected chi connectivity index (χ2v) is 6.07. The van der Waals surface area contributed by atoms with E-state index in [4.69, 9.17) is 5.53 Å². The third-order valence-electron chi connectivity index (χ3n) is 4.88. The predicted molar refractivity (Wildman–Crippen MR) is 93.6 cm³/mol. The highest BCUT2D eigenvalue weighted by atomic mass is 16.3. The van der Waals surface area contributed by atoms with Crippen molar-refractivity contribution in [2.24, 2.45) is 5.11 Å². The van der Waals surface area contributed by atoms with Crippen LogP contribution in [0.4, 0.5) is 0 Å². The first-order valence-electron chi connectivity index (χ1n) is 7.75. The highest BCUT2D eigenvalue weighted by Crippen LogP contribution is 2.48. The monoisotopic (exact) mass is 312 g/mol. The summed E-state index contributed by atoms with van der Waals surface area (Å²) in [7, 11) is 0. The molecule has 0 radical (unpaired) electrons. The lowest BCUT2D eigenvalue weighted by atomic mass is 9.81. The number of aromatic nitrogens is 1. The van der Waals surface area contributed by atoms with E-state index in [-0.39, 0.29) is 0 Å². The number of pyridine rings is 1. The molecule has 1 heterocycles. The van der Waals surface area contributed by atoms with E-state index < -0.39 is 12.1 Å². The van der Waals surface area contributed by atoms with Crippen molar-refractivity contribution >= 4 is 32.4 Å². The molecular formula is C19H12N4O. The zero-order chi connectivity index (χ0) is 16.3. The Kier molecular flexibility index (Phi) is 2.59. The Labute approximate surface area is 136 Å². The number of benzene rings is 3. The fraction of sp³-hybridized carbons (Fsp3) is 0.105. The van der Waals surface area contributed by atoms with E-state index in [1.165, 1.54) is 0 Å². The summed E-state index contributed by atoms with van der Waals surface area (Å²) in [6, 6.07) is 15.2. The minimum absolute atomic E-state index is 0.636. The third-order valence-corrected chi connectivity index (χ3v) is 4.88. The number of nitrogens with zero attached hydrogens (tertiary/aromatic N) is 4. The van der Waals surface area contributed by atoms with Gasteiger partial charge in [-0.15, -0.1) is 0 Å². The molecule has 114 valence electrons. The molecule has 1 N–H and O–H groups in total. The smallest absolute Gasteiger partial charge is 0.0933 e. The van der Waals surface area contributed by atoms with Gasteiger partial charge in [-0.05, 0) is 44.9 Å². The Balaban J connectivity index is 2.12. The van der Waals surface area contributed by atoms with E-state index in [2.05, 4.69) is 27.1 Å². The summed E-state index contributed by atoms with van der Waals surface area (Å²) in [6.45, 7) is 0. The van der Waals surface area contributed by atoms with Gasteiger partial charge in [0.25, 0.3) is 0 Å². The van der Waals surface area contributed by atoms with Crippen molar-refractivity contribution in [3.8, 4) is 0 Å². The molecule has 5 rings (SSSR count). The molecule has 0 saturated carbocycles. The third kappa shape index (κ3) is 1.57. The summed E-state index contributed by atoms with van der Waals surface area (Å²) < 4.78 is 0. The van der Waals surface area contributed by atoms with Crippen molar-refractivity contribution in [1.82, 2.24) is 4.98 Å². The lowest BCUT2D eigenvalue weighted by Crippen LogP contribution is -2.14. The van der Waals surface area contributed by atoms with Gasteiger partial charge in [-0.2, -0.15) is 0 Å². The van der Waals surface area contributed by atoms with Gasteiger partial charge in [0.15, 0.2) is 0 Å². The lowest BCUT2D eigenvalue weighted by Gasteiger charge is -2.28. The second-order valence-electron chi connectivity index (χ2n) is 6.07. The molecule has 1 aliphatic carbocycles. The van der Waals surface area contributed by atoms with Gasteiger partial charge in [0, 0.05) is 21.9 Å². The Morgan fingerprint density at radius 2 is 1.88 bits per heavy atom. The Bertz CT molecular complexity index is 1190. The van der Waals surface area contributed by atoms with Crippen LogP contribution in [0.5, 0.6) is 0 Å². The summed E-state index contributed by atoms with van der Waals surface area (Å²) in [5.74, 6) is 0. The quantitative estimate of drug-likeness (QED) is 0.234. The van der Waals surface area contributed by atoms with E-state index >= 15 is 0 Å². The standard InChI is InChI=1S/C19H12N4O/c20-23-22-18-14-9-11-4-2-8-21-17(11)12-7-6-10-3-1-5-13(19(18)24)15(10)16(12)14/h1-9,18-19,24H/t18-,19-/m1/s1. The molecule has 24 heavy (non-hydrogen) atoms. The van der Waals surface area contributed by atoms with Gasteiger partial charge in [-0.25, -0.2) is 0 Å². The van der Waals surface area contributed by atoms with Crippen molar-refractivity contribution in [2.75, 3.05) is 0 Å². The second kappa shape index (κ2) is 4.68. The summed E-state index contributed by atoms with van der Waals surface area (Å²) in [6.07, 6.45) is 0.931. The van der Waals surface area contributed by atoms with Gasteiger partial charge in [0.05, 0.1) is 17.7 Å². The van der Waals surface area contributed by atoms with Crippen LogP contribution in [0.1, 0.15) is 23.3 Å². The maximum absolute atomic E-state index is 10.8. The van der Waals surface area contributed by atoms with E-state index in [9.17, 15) is 5.11 Å².